The van der Waals surface area contributed by atoms with Gasteiger partial charge in [0, 0.05) is 35.8 Å². The standard InChI is InChI=1S/C24H27N5O5.CH2S/c1-6-20(31)26-16-10-34-11-17(16)27-24-25-9-14-7-15(23(32)29(4)22(14)28-24)21-12(2)18(30)8-19(33-5)13(21)3;1-2/h6-9,16-17,30H,1,10-11H2,2-5H3,(H,26,31)(H,25,27,28);1H2. The fourth-order valence-corrected chi connectivity index (χ4v) is 4.23. The number of amides is 1. The predicted octanol–water partition coefficient (Wildman–Crippen LogP) is 2.42. The second kappa shape index (κ2) is 11.3. The molecule has 0 spiro atoms. The van der Waals surface area contributed by atoms with Crippen LogP contribution in [0.1, 0.15) is 11.1 Å². The molecule has 1 fully saturated rings. The van der Waals surface area contributed by atoms with Crippen molar-refractivity contribution < 1.29 is 19.4 Å². The number of nitrogens with one attached hydrogen (secondary N) is 2. The fraction of sp³-hybridized carbons (Fsp3) is 0.320. The number of carbonyl (C=O) groups excluding carboxylic acids is 1. The van der Waals surface area contributed by atoms with Gasteiger partial charge in [0.05, 0.1) is 32.4 Å². The first kappa shape index (κ1) is 26.8. The summed E-state index contributed by atoms with van der Waals surface area (Å²) in [4.78, 5) is 34.0. The molecule has 190 valence electrons. The Hall–Kier alpha value is -3.83. The summed E-state index contributed by atoms with van der Waals surface area (Å²) in [5.74, 6) is 3.40. The van der Waals surface area contributed by atoms with Gasteiger partial charge in [0.25, 0.3) is 5.56 Å². The van der Waals surface area contributed by atoms with E-state index >= 15 is 0 Å². The summed E-state index contributed by atoms with van der Waals surface area (Å²) in [6.07, 6.45) is 2.84. The predicted molar refractivity (Wildman–Crippen MR) is 143 cm³/mol. The van der Waals surface area contributed by atoms with Crippen LogP contribution in [0.2, 0.25) is 0 Å². The number of aromatic hydroxyl groups is 1. The van der Waals surface area contributed by atoms with Crippen molar-refractivity contribution in [1.82, 2.24) is 19.9 Å². The molecular formula is C25H29N5O5S. The smallest absolute Gasteiger partial charge is 0.259 e. The largest absolute Gasteiger partial charge is 0.508 e. The summed E-state index contributed by atoms with van der Waals surface area (Å²) in [5.41, 5.74) is 2.55. The fourth-order valence-electron chi connectivity index (χ4n) is 4.23. The molecule has 3 aromatic rings. The van der Waals surface area contributed by atoms with Gasteiger partial charge in [0.15, 0.2) is 0 Å². The van der Waals surface area contributed by atoms with Crippen molar-refractivity contribution in [3.8, 4) is 22.6 Å². The van der Waals surface area contributed by atoms with Gasteiger partial charge in [-0.25, -0.2) is 4.98 Å². The van der Waals surface area contributed by atoms with Gasteiger partial charge in [-0.2, -0.15) is 4.98 Å². The molecule has 1 aliphatic rings. The number of thiocarbonyl (C=S) groups is 1. The molecular weight excluding hydrogens is 482 g/mol. The van der Waals surface area contributed by atoms with E-state index in [-0.39, 0.29) is 29.3 Å². The minimum Gasteiger partial charge on any atom is -0.508 e. The molecule has 1 saturated heterocycles. The van der Waals surface area contributed by atoms with E-state index in [2.05, 4.69) is 45.3 Å². The minimum absolute atomic E-state index is 0.0484. The van der Waals surface area contributed by atoms with Crippen molar-refractivity contribution >= 4 is 41.0 Å². The summed E-state index contributed by atoms with van der Waals surface area (Å²) < 4.78 is 12.3. The maximum Gasteiger partial charge on any atom is 0.259 e. The Morgan fingerprint density at radius 1 is 1.28 bits per heavy atom. The molecule has 1 amide bonds. The molecule has 2 aromatic heterocycles. The maximum absolute atomic E-state index is 13.3. The van der Waals surface area contributed by atoms with Gasteiger partial charge in [-0.1, -0.05) is 18.8 Å². The molecule has 1 aliphatic heterocycles. The number of carbonyl (C=O) groups is 1. The number of ether oxygens (including phenoxy) is 2. The summed E-state index contributed by atoms with van der Waals surface area (Å²) in [5, 5.41) is 17.0. The van der Waals surface area contributed by atoms with E-state index in [9.17, 15) is 14.7 Å². The highest BCUT2D eigenvalue weighted by atomic mass is 32.1. The molecule has 11 heteroatoms. The van der Waals surface area contributed by atoms with E-state index in [0.29, 0.717) is 52.6 Å². The molecule has 2 unspecified atom stereocenters. The lowest BCUT2D eigenvalue weighted by molar-refractivity contribution is -0.117. The highest BCUT2D eigenvalue weighted by molar-refractivity contribution is 7.77. The lowest BCUT2D eigenvalue weighted by Gasteiger charge is -2.20. The lowest BCUT2D eigenvalue weighted by atomic mass is 9.94. The normalized spacial score (nSPS) is 16.7. The number of aryl methyl sites for hydroxylation is 1. The van der Waals surface area contributed by atoms with Gasteiger partial charge in [0.1, 0.15) is 17.1 Å². The van der Waals surface area contributed by atoms with Crippen LogP contribution in [0.4, 0.5) is 5.95 Å². The van der Waals surface area contributed by atoms with Crippen LogP contribution in [0.3, 0.4) is 0 Å². The van der Waals surface area contributed by atoms with Crippen LogP contribution >= 0.6 is 12.2 Å². The van der Waals surface area contributed by atoms with Crippen LogP contribution in [0.15, 0.2) is 35.8 Å². The van der Waals surface area contributed by atoms with Crippen molar-refractivity contribution in [1.29, 1.82) is 0 Å². The summed E-state index contributed by atoms with van der Waals surface area (Å²) in [6.45, 7) is 7.81. The summed E-state index contributed by atoms with van der Waals surface area (Å²) >= 11 is 3.83. The molecule has 10 nitrogen and oxygen atoms in total. The monoisotopic (exact) mass is 511 g/mol. The third kappa shape index (κ3) is 5.07. The third-order valence-corrected chi connectivity index (χ3v) is 6.12. The van der Waals surface area contributed by atoms with Gasteiger partial charge in [-0.05, 0) is 43.0 Å². The Morgan fingerprint density at radius 2 is 1.97 bits per heavy atom. The van der Waals surface area contributed by atoms with Gasteiger partial charge in [-0.15, -0.1) is 0 Å². The van der Waals surface area contributed by atoms with Crippen LogP contribution in [-0.2, 0) is 16.6 Å². The topological polar surface area (TPSA) is 128 Å². The molecule has 0 aliphatic carbocycles. The lowest BCUT2D eigenvalue weighted by Crippen LogP contribution is -2.45. The number of nitrogens with zero attached hydrogens (tertiary/aromatic N) is 3. The van der Waals surface area contributed by atoms with E-state index < -0.39 is 0 Å². The van der Waals surface area contributed by atoms with Crippen LogP contribution in [0, 0.1) is 13.8 Å². The number of phenols is 1. The molecule has 1 aromatic carbocycles. The Labute approximate surface area is 214 Å². The van der Waals surface area contributed by atoms with E-state index in [4.69, 9.17) is 9.47 Å². The number of pyridine rings is 1. The van der Waals surface area contributed by atoms with Gasteiger partial charge >= 0.3 is 0 Å². The number of methoxy groups -OCH3 is 1. The number of hydrogen-bond donors (Lipinski definition) is 3. The Balaban J connectivity index is 0.00000176. The summed E-state index contributed by atoms with van der Waals surface area (Å²) in [7, 11) is 3.16. The molecule has 36 heavy (non-hydrogen) atoms. The van der Waals surface area contributed by atoms with E-state index in [1.165, 1.54) is 23.8 Å². The van der Waals surface area contributed by atoms with E-state index in [1.807, 2.05) is 6.92 Å². The quantitative estimate of drug-likeness (QED) is 0.338. The number of hydrogen-bond acceptors (Lipinski definition) is 9. The third-order valence-electron chi connectivity index (χ3n) is 6.12. The molecule has 3 N–H and O–H groups in total. The molecule has 0 saturated carbocycles. The average Bonchev–Trinajstić information content (AvgIpc) is 3.31. The van der Waals surface area contributed by atoms with E-state index in [0.717, 1.165) is 5.56 Å². The molecule has 3 heterocycles. The summed E-state index contributed by atoms with van der Waals surface area (Å²) in [6, 6.07) is 2.77. The Kier molecular flexibility index (Phi) is 8.38. The van der Waals surface area contributed by atoms with Crippen LogP contribution in [0.5, 0.6) is 11.5 Å². The zero-order valence-electron chi connectivity index (χ0n) is 20.6. The highest BCUT2D eigenvalue weighted by Gasteiger charge is 2.30. The zero-order valence-corrected chi connectivity index (χ0v) is 21.4. The number of phenolic OH excluding ortho intramolecular Hbond substituents is 1. The maximum atomic E-state index is 13.3. The SMILES string of the molecule is C=CC(=O)NC1COCC1Nc1ncc2cc(-c3c(C)c(O)cc(OC)c3C)c(=O)n(C)c2n1.C=S. The van der Waals surface area contributed by atoms with Crippen LogP contribution in [-0.4, -0.2) is 63.8 Å². The van der Waals surface area contributed by atoms with Crippen molar-refractivity contribution in [3.05, 3.63) is 52.5 Å². The second-order valence-electron chi connectivity index (χ2n) is 8.23. The first-order chi connectivity index (χ1) is 17.2. The molecule has 2 atom stereocenters. The molecule has 4 rings (SSSR count). The van der Waals surface area contributed by atoms with Crippen molar-refractivity contribution in [3.63, 3.8) is 0 Å². The number of fused-ring (bicyclic) bond motifs is 1. The van der Waals surface area contributed by atoms with Crippen molar-refractivity contribution in [2.24, 2.45) is 7.05 Å². The molecule has 0 radical (unpaired) electrons. The van der Waals surface area contributed by atoms with Gasteiger partial charge in [0.2, 0.25) is 11.9 Å². The van der Waals surface area contributed by atoms with E-state index in [1.54, 1.807) is 26.2 Å². The number of aromatic nitrogens is 3. The average molecular weight is 512 g/mol. The molecule has 0 bridgehead atoms. The van der Waals surface area contributed by atoms with Crippen LogP contribution in [0.25, 0.3) is 22.2 Å². The van der Waals surface area contributed by atoms with Crippen molar-refractivity contribution in [2.75, 3.05) is 25.6 Å². The zero-order chi connectivity index (χ0) is 26.6. The minimum atomic E-state index is -0.286. The number of benzene rings is 1. The van der Waals surface area contributed by atoms with Crippen molar-refractivity contribution in [2.45, 2.75) is 25.9 Å². The Bertz CT molecular complexity index is 1370. The second-order valence-corrected chi connectivity index (χ2v) is 8.23. The number of rotatable bonds is 6. The first-order valence-corrected chi connectivity index (χ1v) is 11.6. The van der Waals surface area contributed by atoms with Gasteiger partial charge in [-0.3, -0.25) is 14.2 Å². The van der Waals surface area contributed by atoms with Gasteiger partial charge < -0.3 is 25.2 Å². The highest BCUT2D eigenvalue weighted by Crippen LogP contribution is 2.37. The van der Waals surface area contributed by atoms with Crippen LogP contribution < -0.4 is 20.9 Å². The first-order valence-electron chi connectivity index (χ1n) is 11.1. The Morgan fingerprint density at radius 3 is 2.64 bits per heavy atom. The number of anilines is 1.